The van der Waals surface area contributed by atoms with Crippen molar-refractivity contribution >= 4 is 17.0 Å². The van der Waals surface area contributed by atoms with Gasteiger partial charge in [0.2, 0.25) is 0 Å². The molecule has 176 valence electrons. The Balaban J connectivity index is 1.62. The van der Waals surface area contributed by atoms with Gasteiger partial charge in [-0.05, 0) is 49.3 Å². The van der Waals surface area contributed by atoms with Crippen LogP contribution in [0.1, 0.15) is 56.0 Å². The Hall–Kier alpha value is -3.41. The number of aliphatic carboxylic acids is 1. The highest BCUT2D eigenvalue weighted by Gasteiger charge is 2.28. The van der Waals surface area contributed by atoms with E-state index in [1.165, 1.54) is 32.1 Å². The van der Waals surface area contributed by atoms with Gasteiger partial charge in [-0.3, -0.25) is 9.78 Å². The van der Waals surface area contributed by atoms with Crippen LogP contribution in [0.2, 0.25) is 0 Å². The molecule has 1 saturated carbocycles. The van der Waals surface area contributed by atoms with Crippen LogP contribution in [-0.4, -0.2) is 25.8 Å². The van der Waals surface area contributed by atoms with E-state index in [2.05, 4.69) is 28.9 Å². The number of benzene rings is 1. The van der Waals surface area contributed by atoms with Gasteiger partial charge >= 0.3 is 5.97 Å². The molecule has 6 heteroatoms. The average molecular weight is 458 g/mol. The largest absolute Gasteiger partial charge is 0.481 e. The van der Waals surface area contributed by atoms with Crippen molar-refractivity contribution in [1.82, 2.24) is 14.7 Å². The maximum Gasteiger partial charge on any atom is 0.307 e. The molecule has 0 unspecified atom stereocenters. The minimum Gasteiger partial charge on any atom is -0.481 e. The summed E-state index contributed by atoms with van der Waals surface area (Å²) < 4.78 is 7.79. The lowest BCUT2D eigenvalue weighted by Crippen LogP contribution is -2.25. The molecule has 0 bridgehead atoms. The van der Waals surface area contributed by atoms with Crippen molar-refractivity contribution in [3.8, 4) is 22.3 Å². The Morgan fingerprint density at radius 2 is 1.85 bits per heavy atom. The van der Waals surface area contributed by atoms with Crippen LogP contribution in [0.25, 0.3) is 33.3 Å². The van der Waals surface area contributed by atoms with E-state index in [0.717, 1.165) is 56.8 Å². The van der Waals surface area contributed by atoms with Gasteiger partial charge in [0.1, 0.15) is 5.76 Å². The second-order valence-electron chi connectivity index (χ2n) is 10.1. The van der Waals surface area contributed by atoms with Crippen LogP contribution in [0.3, 0.4) is 0 Å². The summed E-state index contributed by atoms with van der Waals surface area (Å²) in [4.78, 5) is 16.0. The molecule has 5 rings (SSSR count). The number of carbonyl (C=O) groups is 1. The Labute approximate surface area is 199 Å². The van der Waals surface area contributed by atoms with Crippen LogP contribution < -0.4 is 0 Å². The fraction of sp³-hybridized carbons (Fsp3) is 0.393. The maximum atomic E-state index is 11.1. The van der Waals surface area contributed by atoms with Gasteiger partial charge in [-0.2, -0.15) is 0 Å². The molecule has 1 aliphatic rings. The minimum atomic E-state index is -0.821. The third-order valence-electron chi connectivity index (χ3n) is 7.27. The number of fused-ring (bicyclic) bond motifs is 1. The molecular formula is C28H31N3O3. The lowest BCUT2D eigenvalue weighted by Gasteiger charge is -2.34. The lowest BCUT2D eigenvalue weighted by molar-refractivity contribution is -0.136. The summed E-state index contributed by atoms with van der Waals surface area (Å²) in [6.07, 6.45) is 10.5. The summed E-state index contributed by atoms with van der Waals surface area (Å²) in [6.45, 7) is 7.26. The number of aryl methyl sites for hydroxylation is 2. The number of carboxylic acid groups (broad SMARTS) is 1. The zero-order chi connectivity index (χ0) is 23.9. The Morgan fingerprint density at radius 3 is 2.50 bits per heavy atom. The predicted molar refractivity (Wildman–Crippen MR) is 133 cm³/mol. The van der Waals surface area contributed by atoms with Crippen LogP contribution >= 0.6 is 0 Å². The van der Waals surface area contributed by atoms with Crippen LogP contribution in [0.4, 0.5) is 0 Å². The van der Waals surface area contributed by atoms with Crippen LogP contribution in [-0.2, 0) is 17.8 Å². The summed E-state index contributed by atoms with van der Waals surface area (Å²) in [6, 6.07) is 10.0. The SMILES string of the molecule is Cc1noc(C)c1-c1cnc2c(-c3ccc(CC(=O)O)cc3)cn(CC3(C)CCCCC3)c2c1. The summed E-state index contributed by atoms with van der Waals surface area (Å²) in [5.74, 6) is -0.0242. The first-order chi connectivity index (χ1) is 16.3. The maximum absolute atomic E-state index is 11.1. The van der Waals surface area contributed by atoms with Gasteiger partial charge in [-0.25, -0.2) is 0 Å². The van der Waals surface area contributed by atoms with E-state index in [1.54, 1.807) is 0 Å². The molecule has 0 aliphatic heterocycles. The van der Waals surface area contributed by atoms with Crippen LogP contribution in [0, 0.1) is 19.3 Å². The molecule has 34 heavy (non-hydrogen) atoms. The van der Waals surface area contributed by atoms with Gasteiger partial charge in [0.15, 0.2) is 0 Å². The molecule has 0 amide bonds. The molecule has 4 aromatic rings. The number of hydrogen-bond acceptors (Lipinski definition) is 4. The topological polar surface area (TPSA) is 81.2 Å². The highest BCUT2D eigenvalue weighted by Crippen LogP contribution is 2.40. The molecule has 0 spiro atoms. The first-order valence-corrected chi connectivity index (χ1v) is 12.1. The third kappa shape index (κ3) is 4.25. The minimum absolute atomic E-state index is 0.0272. The summed E-state index contributed by atoms with van der Waals surface area (Å²) >= 11 is 0. The summed E-state index contributed by atoms with van der Waals surface area (Å²) in [7, 11) is 0. The molecule has 3 heterocycles. The lowest BCUT2D eigenvalue weighted by atomic mass is 9.75. The number of hydrogen-bond donors (Lipinski definition) is 1. The number of aromatic nitrogens is 3. The first kappa shape index (κ1) is 22.4. The third-order valence-corrected chi connectivity index (χ3v) is 7.27. The van der Waals surface area contributed by atoms with E-state index in [4.69, 9.17) is 14.6 Å². The Bertz CT molecular complexity index is 1320. The van der Waals surface area contributed by atoms with Gasteiger partial charge in [-0.1, -0.05) is 55.6 Å². The van der Waals surface area contributed by atoms with Gasteiger partial charge in [0.05, 0.1) is 23.1 Å². The van der Waals surface area contributed by atoms with E-state index < -0.39 is 5.97 Å². The number of rotatable bonds is 6. The molecule has 1 aromatic carbocycles. The van der Waals surface area contributed by atoms with Gasteiger partial charge in [0.25, 0.3) is 0 Å². The number of pyridine rings is 1. The average Bonchev–Trinajstić information content (AvgIpc) is 3.33. The molecule has 1 aliphatic carbocycles. The summed E-state index contributed by atoms with van der Waals surface area (Å²) in [5, 5.41) is 13.2. The van der Waals surface area contributed by atoms with E-state index in [1.807, 2.05) is 44.3 Å². The Kier molecular flexibility index (Phi) is 5.76. The molecular weight excluding hydrogens is 426 g/mol. The molecule has 1 N–H and O–H groups in total. The van der Waals surface area contributed by atoms with E-state index in [9.17, 15) is 4.79 Å². The van der Waals surface area contributed by atoms with E-state index >= 15 is 0 Å². The quantitative estimate of drug-likeness (QED) is 0.354. The number of nitrogens with zero attached hydrogens (tertiary/aromatic N) is 3. The standard InChI is InChI=1S/C28H31N3O3/c1-18-26(19(2)34-30-18)22-14-24-27(29-15-22)23(21-9-7-20(8-10-21)13-25(32)33)16-31(24)17-28(3)11-5-4-6-12-28/h7-10,14-16H,4-6,11-13,17H2,1-3H3,(H,32,33). The van der Waals surface area contributed by atoms with Crippen LogP contribution in [0.5, 0.6) is 0 Å². The molecule has 3 aromatic heterocycles. The van der Waals surface area contributed by atoms with Crippen molar-refractivity contribution in [2.24, 2.45) is 5.41 Å². The Morgan fingerprint density at radius 1 is 1.12 bits per heavy atom. The monoisotopic (exact) mass is 457 g/mol. The normalized spacial score (nSPS) is 15.6. The van der Waals surface area contributed by atoms with Crippen molar-refractivity contribution in [3.63, 3.8) is 0 Å². The van der Waals surface area contributed by atoms with Crippen molar-refractivity contribution in [3.05, 3.63) is 59.7 Å². The van der Waals surface area contributed by atoms with Crippen molar-refractivity contribution in [1.29, 1.82) is 0 Å². The fourth-order valence-electron chi connectivity index (χ4n) is 5.49. The molecule has 6 nitrogen and oxygen atoms in total. The van der Waals surface area contributed by atoms with Gasteiger partial charge < -0.3 is 14.2 Å². The molecule has 0 saturated heterocycles. The smallest absolute Gasteiger partial charge is 0.307 e. The van der Waals surface area contributed by atoms with Crippen molar-refractivity contribution in [2.45, 2.75) is 65.8 Å². The fourth-order valence-corrected chi connectivity index (χ4v) is 5.49. The zero-order valence-electron chi connectivity index (χ0n) is 20.1. The van der Waals surface area contributed by atoms with Crippen LogP contribution in [0.15, 0.2) is 47.2 Å². The number of carboxylic acids is 1. The molecule has 0 atom stereocenters. The molecule has 0 radical (unpaired) electrons. The zero-order valence-corrected chi connectivity index (χ0v) is 20.1. The highest BCUT2D eigenvalue weighted by atomic mass is 16.5. The van der Waals surface area contributed by atoms with Gasteiger partial charge in [0, 0.05) is 35.6 Å². The second kappa shape index (κ2) is 8.75. The first-order valence-electron chi connectivity index (χ1n) is 12.1. The van der Waals surface area contributed by atoms with Crippen molar-refractivity contribution in [2.75, 3.05) is 0 Å². The van der Waals surface area contributed by atoms with E-state index in [-0.39, 0.29) is 11.8 Å². The van der Waals surface area contributed by atoms with Gasteiger partial charge in [-0.15, -0.1) is 0 Å². The predicted octanol–water partition coefficient (Wildman–Crippen LogP) is 6.57. The highest BCUT2D eigenvalue weighted by molar-refractivity contribution is 5.95. The second-order valence-corrected chi connectivity index (χ2v) is 10.1. The molecule has 1 fully saturated rings. The van der Waals surface area contributed by atoms with Crippen molar-refractivity contribution < 1.29 is 14.4 Å². The van der Waals surface area contributed by atoms with E-state index in [0.29, 0.717) is 0 Å². The summed E-state index contributed by atoms with van der Waals surface area (Å²) in [5.41, 5.74) is 8.13.